The number of carbonyl (C=O) groups is 1. The molecule has 0 saturated carbocycles. The van der Waals surface area contributed by atoms with Crippen LogP contribution >= 0.6 is 0 Å². The van der Waals surface area contributed by atoms with Crippen molar-refractivity contribution in [2.24, 2.45) is 11.8 Å². The number of rotatable bonds is 5. The molecule has 1 aromatic rings. The molecular weight excluding hydrogens is 405 g/mol. The summed E-state index contributed by atoms with van der Waals surface area (Å²) in [5, 5.41) is 3.27. The third kappa shape index (κ3) is 4.65. The van der Waals surface area contributed by atoms with Crippen molar-refractivity contribution in [2.45, 2.75) is 26.2 Å². The van der Waals surface area contributed by atoms with Gasteiger partial charge in [0.25, 0.3) is 5.91 Å². The highest BCUT2D eigenvalue weighted by Crippen LogP contribution is 2.33. The van der Waals surface area contributed by atoms with Gasteiger partial charge in [0.2, 0.25) is 0 Å². The van der Waals surface area contributed by atoms with E-state index in [1.807, 2.05) is 25.4 Å². The average Bonchev–Trinajstić information content (AvgIpc) is 2.80. The highest BCUT2D eigenvalue weighted by molar-refractivity contribution is 5.98. The standard InChI is InChI=1S/C26H32FN3O2/c1-18-4-6-21-7-8-22(29-12-10-19(11-13-29)16-28-2)17-30(21)26(31)15-23(18)20-5-9-25(32-3)24(27)14-20/h5-9,14-15,17-19,28H,4,10-13,16H2,1-3H3. The molecule has 1 amide bonds. The number of amides is 1. The molecule has 3 aliphatic rings. The molecule has 1 saturated heterocycles. The summed E-state index contributed by atoms with van der Waals surface area (Å²) in [6.07, 6.45) is 12.9. The number of nitrogens with one attached hydrogen (secondary N) is 1. The number of halogens is 1. The van der Waals surface area contributed by atoms with Crippen molar-refractivity contribution in [3.63, 3.8) is 0 Å². The molecule has 1 unspecified atom stereocenters. The van der Waals surface area contributed by atoms with Crippen LogP contribution in [0, 0.1) is 17.7 Å². The van der Waals surface area contributed by atoms with Gasteiger partial charge in [0.15, 0.2) is 11.6 Å². The third-order valence-electron chi connectivity index (χ3n) is 6.65. The summed E-state index contributed by atoms with van der Waals surface area (Å²) < 4.78 is 19.4. The van der Waals surface area contributed by atoms with Crippen LogP contribution in [0.1, 0.15) is 31.7 Å². The van der Waals surface area contributed by atoms with E-state index < -0.39 is 5.82 Å². The molecule has 170 valence electrons. The Morgan fingerprint density at radius 2 is 1.94 bits per heavy atom. The van der Waals surface area contributed by atoms with E-state index in [0.29, 0.717) is 11.5 Å². The van der Waals surface area contributed by atoms with Gasteiger partial charge in [0.05, 0.1) is 12.8 Å². The lowest BCUT2D eigenvalue weighted by molar-refractivity contribution is -0.122. The number of likely N-dealkylation sites (tertiary alicyclic amines) is 1. The van der Waals surface area contributed by atoms with Gasteiger partial charge in [-0.2, -0.15) is 0 Å². The Kier molecular flexibility index (Phi) is 6.80. The molecule has 0 aliphatic carbocycles. The summed E-state index contributed by atoms with van der Waals surface area (Å²) in [6.45, 7) is 5.11. The Balaban J connectivity index is 1.57. The monoisotopic (exact) mass is 437 g/mol. The van der Waals surface area contributed by atoms with E-state index in [1.165, 1.54) is 13.2 Å². The van der Waals surface area contributed by atoms with Crippen LogP contribution in [0.2, 0.25) is 0 Å². The van der Waals surface area contributed by atoms with Gasteiger partial charge in [-0.1, -0.05) is 19.1 Å². The number of allylic oxidation sites excluding steroid dienone is 4. The maximum Gasteiger partial charge on any atom is 0.255 e. The minimum atomic E-state index is -0.423. The Morgan fingerprint density at radius 3 is 2.62 bits per heavy atom. The number of fused-ring (bicyclic) bond motifs is 1. The van der Waals surface area contributed by atoms with E-state index in [4.69, 9.17) is 4.74 Å². The second-order valence-electron chi connectivity index (χ2n) is 8.80. The first-order valence-corrected chi connectivity index (χ1v) is 11.4. The third-order valence-corrected chi connectivity index (χ3v) is 6.65. The zero-order valence-corrected chi connectivity index (χ0v) is 19.1. The average molecular weight is 438 g/mol. The molecule has 5 nitrogen and oxygen atoms in total. The molecule has 1 atom stereocenters. The summed E-state index contributed by atoms with van der Waals surface area (Å²) in [7, 11) is 3.45. The zero-order chi connectivity index (χ0) is 22.7. The van der Waals surface area contributed by atoms with Crippen molar-refractivity contribution >= 4 is 11.5 Å². The molecule has 1 N–H and O–H groups in total. The van der Waals surface area contributed by atoms with Crippen LogP contribution < -0.4 is 10.1 Å². The van der Waals surface area contributed by atoms with E-state index in [-0.39, 0.29) is 17.6 Å². The quantitative estimate of drug-likeness (QED) is 0.746. The van der Waals surface area contributed by atoms with Crippen molar-refractivity contribution in [2.75, 3.05) is 33.8 Å². The molecule has 32 heavy (non-hydrogen) atoms. The summed E-state index contributed by atoms with van der Waals surface area (Å²) in [4.78, 5) is 17.4. The molecule has 0 spiro atoms. The number of methoxy groups -OCH3 is 1. The number of benzene rings is 1. The molecule has 3 heterocycles. The molecule has 1 fully saturated rings. The van der Waals surface area contributed by atoms with Crippen molar-refractivity contribution in [3.8, 4) is 5.75 Å². The molecule has 0 bridgehead atoms. The van der Waals surface area contributed by atoms with Gasteiger partial charge < -0.3 is 15.0 Å². The lowest BCUT2D eigenvalue weighted by Gasteiger charge is -2.36. The van der Waals surface area contributed by atoms with Crippen LogP contribution in [-0.4, -0.2) is 49.5 Å². The van der Waals surface area contributed by atoms with Gasteiger partial charge in [0.1, 0.15) is 0 Å². The maximum absolute atomic E-state index is 14.3. The predicted molar refractivity (Wildman–Crippen MR) is 125 cm³/mol. The number of hydrogen-bond acceptors (Lipinski definition) is 4. The highest BCUT2D eigenvalue weighted by atomic mass is 19.1. The number of hydrogen-bond donors (Lipinski definition) is 1. The van der Waals surface area contributed by atoms with Crippen LogP contribution in [-0.2, 0) is 4.79 Å². The fourth-order valence-electron chi connectivity index (χ4n) is 4.71. The molecule has 3 aliphatic heterocycles. The number of nitrogens with zero attached hydrogens (tertiary/aromatic N) is 2. The van der Waals surface area contributed by atoms with E-state index in [0.717, 1.165) is 55.9 Å². The van der Waals surface area contributed by atoms with E-state index >= 15 is 0 Å². The van der Waals surface area contributed by atoms with Crippen molar-refractivity contribution in [1.82, 2.24) is 15.1 Å². The van der Waals surface area contributed by atoms with Gasteiger partial charge in [-0.25, -0.2) is 4.39 Å². The number of piperidine rings is 1. The number of ether oxygens (including phenoxy) is 1. The molecule has 4 rings (SSSR count). The summed E-state index contributed by atoms with van der Waals surface area (Å²) >= 11 is 0. The first-order valence-electron chi connectivity index (χ1n) is 11.4. The largest absolute Gasteiger partial charge is 0.494 e. The molecule has 0 radical (unpaired) electrons. The lowest BCUT2D eigenvalue weighted by atomic mass is 9.89. The van der Waals surface area contributed by atoms with Crippen molar-refractivity contribution in [3.05, 3.63) is 71.5 Å². The van der Waals surface area contributed by atoms with Gasteiger partial charge in [-0.3, -0.25) is 9.69 Å². The predicted octanol–water partition coefficient (Wildman–Crippen LogP) is 4.31. The van der Waals surface area contributed by atoms with Crippen molar-refractivity contribution < 1.29 is 13.9 Å². The second-order valence-corrected chi connectivity index (χ2v) is 8.80. The van der Waals surface area contributed by atoms with Crippen LogP contribution in [0.15, 0.2) is 60.1 Å². The van der Waals surface area contributed by atoms with E-state index in [9.17, 15) is 9.18 Å². The van der Waals surface area contributed by atoms with Crippen LogP contribution in [0.4, 0.5) is 4.39 Å². The smallest absolute Gasteiger partial charge is 0.255 e. The van der Waals surface area contributed by atoms with E-state index in [2.05, 4.69) is 29.3 Å². The fourth-order valence-corrected chi connectivity index (χ4v) is 4.71. The fraction of sp³-hybridized carbons (Fsp3) is 0.423. The first-order chi connectivity index (χ1) is 15.5. The molecule has 6 heteroatoms. The minimum Gasteiger partial charge on any atom is -0.494 e. The Labute approximate surface area is 189 Å². The Morgan fingerprint density at radius 1 is 1.19 bits per heavy atom. The zero-order valence-electron chi connectivity index (χ0n) is 19.1. The summed E-state index contributed by atoms with van der Waals surface area (Å²) in [6, 6.07) is 4.88. The minimum absolute atomic E-state index is 0.0892. The van der Waals surface area contributed by atoms with Gasteiger partial charge >= 0.3 is 0 Å². The Hall–Kier alpha value is -2.86. The normalized spacial score (nSPS) is 21.9. The highest BCUT2D eigenvalue weighted by Gasteiger charge is 2.26. The van der Waals surface area contributed by atoms with E-state index in [1.54, 1.807) is 17.0 Å². The molecule has 0 aromatic heterocycles. The molecular formula is C26H32FN3O2. The topological polar surface area (TPSA) is 44.8 Å². The summed E-state index contributed by atoms with van der Waals surface area (Å²) in [5.74, 6) is 0.467. The Bertz CT molecular complexity index is 987. The van der Waals surface area contributed by atoms with Crippen molar-refractivity contribution in [1.29, 1.82) is 0 Å². The second kappa shape index (κ2) is 9.74. The first kappa shape index (κ1) is 22.3. The van der Waals surface area contributed by atoms with Crippen LogP contribution in [0.25, 0.3) is 5.57 Å². The lowest BCUT2D eigenvalue weighted by Crippen LogP contribution is -2.37. The molecule has 1 aromatic carbocycles. The van der Waals surface area contributed by atoms with Gasteiger partial charge in [-0.15, -0.1) is 0 Å². The maximum atomic E-state index is 14.3. The number of carbonyl (C=O) groups excluding carboxylic acids is 1. The SMILES string of the molecule is CNCC1CCN(C2=CN3C(=O)C=C(c4ccc(OC)c(F)c4)C(C)CC=C3C=C2)CC1. The van der Waals surface area contributed by atoms with Gasteiger partial charge in [0, 0.05) is 31.1 Å². The van der Waals surface area contributed by atoms with Crippen LogP contribution in [0.3, 0.4) is 0 Å². The summed E-state index contributed by atoms with van der Waals surface area (Å²) in [5.41, 5.74) is 3.51. The van der Waals surface area contributed by atoms with Crippen LogP contribution in [0.5, 0.6) is 5.75 Å². The van der Waals surface area contributed by atoms with Gasteiger partial charge in [-0.05, 0) is 80.1 Å².